The molecule has 0 saturated carbocycles. The second kappa shape index (κ2) is 2.76. The zero-order chi connectivity index (χ0) is 9.42. The van der Waals surface area contributed by atoms with E-state index in [-0.39, 0.29) is 6.04 Å². The van der Waals surface area contributed by atoms with Crippen molar-refractivity contribution in [2.75, 3.05) is 0 Å². The average molecular weight is 182 g/mol. The van der Waals surface area contributed by atoms with Crippen LogP contribution in [0.3, 0.4) is 0 Å². The van der Waals surface area contributed by atoms with E-state index in [1.807, 2.05) is 6.92 Å². The Morgan fingerprint density at radius 3 is 3.31 bits per heavy atom. The normalized spacial score (nSPS) is 21.3. The molecule has 1 aliphatic rings. The van der Waals surface area contributed by atoms with E-state index >= 15 is 0 Å². The molecule has 13 heavy (non-hydrogen) atoms. The SMILES string of the molecule is CC1Cc2nocc2CN1C(=O)O. The van der Waals surface area contributed by atoms with E-state index in [2.05, 4.69) is 5.16 Å². The minimum atomic E-state index is -0.889. The Labute approximate surface area is 74.9 Å². The number of hydrogen-bond acceptors (Lipinski definition) is 3. The van der Waals surface area contributed by atoms with E-state index < -0.39 is 6.09 Å². The van der Waals surface area contributed by atoms with Crippen LogP contribution in [0.15, 0.2) is 10.8 Å². The van der Waals surface area contributed by atoms with Crippen LogP contribution in [-0.4, -0.2) is 27.3 Å². The maximum absolute atomic E-state index is 10.8. The lowest BCUT2D eigenvalue weighted by molar-refractivity contribution is 0.119. The number of carboxylic acid groups (broad SMARTS) is 1. The number of carbonyl (C=O) groups is 1. The molecule has 0 aromatic carbocycles. The number of amides is 1. The van der Waals surface area contributed by atoms with E-state index in [9.17, 15) is 4.79 Å². The second-order valence-corrected chi connectivity index (χ2v) is 3.25. The Bertz CT molecular complexity index is 334. The van der Waals surface area contributed by atoms with Crippen LogP contribution in [0.4, 0.5) is 4.79 Å². The summed E-state index contributed by atoms with van der Waals surface area (Å²) in [6, 6.07) is -0.0184. The number of fused-ring (bicyclic) bond motifs is 1. The predicted octanol–water partition coefficient (Wildman–Crippen LogP) is 1.10. The molecule has 2 heterocycles. The Morgan fingerprint density at radius 2 is 2.62 bits per heavy atom. The first-order chi connectivity index (χ1) is 6.18. The molecule has 2 rings (SSSR count). The lowest BCUT2D eigenvalue weighted by atomic mass is 10.0. The van der Waals surface area contributed by atoms with Gasteiger partial charge in [-0.1, -0.05) is 5.16 Å². The lowest BCUT2D eigenvalue weighted by Gasteiger charge is -2.29. The summed E-state index contributed by atoms with van der Waals surface area (Å²) in [6.07, 6.45) is 1.26. The van der Waals surface area contributed by atoms with Gasteiger partial charge in [-0.15, -0.1) is 0 Å². The molecule has 5 nitrogen and oxygen atoms in total. The fraction of sp³-hybridized carbons (Fsp3) is 0.500. The summed E-state index contributed by atoms with van der Waals surface area (Å²) in [6.45, 7) is 2.25. The molecule has 0 radical (unpaired) electrons. The van der Waals surface area contributed by atoms with Gasteiger partial charge in [0.1, 0.15) is 6.26 Å². The molecule has 0 fully saturated rings. The van der Waals surface area contributed by atoms with E-state index in [1.165, 1.54) is 11.2 Å². The van der Waals surface area contributed by atoms with Gasteiger partial charge in [0.05, 0.1) is 12.2 Å². The predicted molar refractivity (Wildman–Crippen MR) is 43.2 cm³/mol. The van der Waals surface area contributed by atoms with Gasteiger partial charge >= 0.3 is 6.09 Å². The van der Waals surface area contributed by atoms with Crippen LogP contribution < -0.4 is 0 Å². The molecule has 1 aliphatic heterocycles. The molecule has 0 saturated heterocycles. The van der Waals surface area contributed by atoms with Gasteiger partial charge in [-0.2, -0.15) is 0 Å². The molecular weight excluding hydrogens is 172 g/mol. The highest BCUT2D eigenvalue weighted by Crippen LogP contribution is 2.21. The van der Waals surface area contributed by atoms with Crippen molar-refractivity contribution in [1.29, 1.82) is 0 Å². The van der Waals surface area contributed by atoms with Crippen LogP contribution in [0.5, 0.6) is 0 Å². The van der Waals surface area contributed by atoms with Crippen molar-refractivity contribution >= 4 is 6.09 Å². The van der Waals surface area contributed by atoms with E-state index in [1.54, 1.807) is 0 Å². The van der Waals surface area contributed by atoms with Gasteiger partial charge in [0.15, 0.2) is 0 Å². The quantitative estimate of drug-likeness (QED) is 0.652. The van der Waals surface area contributed by atoms with E-state index in [0.29, 0.717) is 13.0 Å². The molecule has 70 valence electrons. The van der Waals surface area contributed by atoms with Crippen molar-refractivity contribution in [1.82, 2.24) is 10.1 Å². The molecule has 1 atom stereocenters. The van der Waals surface area contributed by atoms with E-state index in [0.717, 1.165) is 11.3 Å². The topological polar surface area (TPSA) is 66.6 Å². The van der Waals surface area contributed by atoms with Gasteiger partial charge in [0.2, 0.25) is 0 Å². The third-order valence-corrected chi connectivity index (χ3v) is 2.34. The van der Waals surface area contributed by atoms with Crippen molar-refractivity contribution in [3.63, 3.8) is 0 Å². The molecule has 0 spiro atoms. The first kappa shape index (κ1) is 8.10. The molecule has 1 amide bonds. The summed E-state index contributed by atoms with van der Waals surface area (Å²) in [4.78, 5) is 12.2. The van der Waals surface area contributed by atoms with Gasteiger partial charge in [-0.05, 0) is 6.92 Å². The van der Waals surface area contributed by atoms with Crippen LogP contribution in [-0.2, 0) is 13.0 Å². The van der Waals surface area contributed by atoms with Crippen molar-refractivity contribution in [2.45, 2.75) is 25.9 Å². The van der Waals surface area contributed by atoms with Gasteiger partial charge in [0, 0.05) is 18.0 Å². The summed E-state index contributed by atoms with van der Waals surface area (Å²) in [7, 11) is 0. The average Bonchev–Trinajstić information content (AvgIpc) is 2.48. The Hall–Kier alpha value is -1.52. The number of rotatable bonds is 0. The molecule has 1 aromatic rings. The number of aromatic nitrogens is 1. The summed E-state index contributed by atoms with van der Waals surface area (Å²) >= 11 is 0. The number of hydrogen-bond donors (Lipinski definition) is 1. The Kier molecular flexibility index (Phi) is 1.72. The van der Waals surface area contributed by atoms with Crippen LogP contribution in [0, 0.1) is 0 Å². The van der Waals surface area contributed by atoms with Crippen molar-refractivity contribution in [3.8, 4) is 0 Å². The maximum atomic E-state index is 10.8. The van der Waals surface area contributed by atoms with Gasteiger partial charge < -0.3 is 14.5 Å². The zero-order valence-electron chi connectivity index (χ0n) is 7.23. The third-order valence-electron chi connectivity index (χ3n) is 2.34. The fourth-order valence-corrected chi connectivity index (χ4v) is 1.56. The van der Waals surface area contributed by atoms with Gasteiger partial charge in [-0.3, -0.25) is 0 Å². The molecule has 0 aliphatic carbocycles. The second-order valence-electron chi connectivity index (χ2n) is 3.25. The minimum Gasteiger partial charge on any atom is -0.465 e. The lowest BCUT2D eigenvalue weighted by Crippen LogP contribution is -2.41. The maximum Gasteiger partial charge on any atom is 0.407 e. The molecular formula is C8H10N2O3. The summed E-state index contributed by atoms with van der Waals surface area (Å²) in [5, 5.41) is 12.7. The standard InChI is InChI=1S/C8H10N2O3/c1-5-2-7-6(4-13-9-7)3-10(5)8(11)12/h4-5H,2-3H2,1H3,(H,11,12). The van der Waals surface area contributed by atoms with Crippen molar-refractivity contribution < 1.29 is 14.4 Å². The van der Waals surface area contributed by atoms with Crippen LogP contribution in [0.2, 0.25) is 0 Å². The fourth-order valence-electron chi connectivity index (χ4n) is 1.56. The summed E-state index contributed by atoms with van der Waals surface area (Å²) in [5.41, 5.74) is 1.76. The van der Waals surface area contributed by atoms with Crippen molar-refractivity contribution in [2.24, 2.45) is 0 Å². The Morgan fingerprint density at radius 1 is 1.85 bits per heavy atom. The third kappa shape index (κ3) is 1.26. The largest absolute Gasteiger partial charge is 0.465 e. The highest BCUT2D eigenvalue weighted by Gasteiger charge is 2.28. The van der Waals surface area contributed by atoms with Gasteiger partial charge in [-0.25, -0.2) is 4.79 Å². The highest BCUT2D eigenvalue weighted by molar-refractivity contribution is 5.66. The molecule has 0 bridgehead atoms. The van der Waals surface area contributed by atoms with Crippen LogP contribution >= 0.6 is 0 Å². The smallest absolute Gasteiger partial charge is 0.407 e. The summed E-state index contributed by atoms with van der Waals surface area (Å²) < 4.78 is 4.77. The highest BCUT2D eigenvalue weighted by atomic mass is 16.5. The molecule has 1 aromatic heterocycles. The molecule has 5 heteroatoms. The first-order valence-electron chi connectivity index (χ1n) is 4.10. The van der Waals surface area contributed by atoms with Crippen molar-refractivity contribution in [3.05, 3.63) is 17.5 Å². The molecule has 1 unspecified atom stereocenters. The summed E-state index contributed by atoms with van der Waals surface area (Å²) in [5.74, 6) is 0. The zero-order valence-corrected chi connectivity index (χ0v) is 7.23. The minimum absolute atomic E-state index is 0.0184. The monoisotopic (exact) mass is 182 g/mol. The first-order valence-corrected chi connectivity index (χ1v) is 4.10. The number of nitrogens with zero attached hydrogens (tertiary/aromatic N) is 2. The Balaban J connectivity index is 2.27. The van der Waals surface area contributed by atoms with E-state index in [4.69, 9.17) is 9.63 Å². The van der Waals surface area contributed by atoms with Gasteiger partial charge in [0.25, 0.3) is 0 Å². The molecule has 1 N–H and O–H groups in total. The van der Waals surface area contributed by atoms with Crippen LogP contribution in [0.25, 0.3) is 0 Å². The van der Waals surface area contributed by atoms with Crippen LogP contribution in [0.1, 0.15) is 18.2 Å².